The van der Waals surface area contributed by atoms with Crippen molar-refractivity contribution in [1.82, 2.24) is 10.3 Å². The highest BCUT2D eigenvalue weighted by Crippen LogP contribution is 2.12. The van der Waals surface area contributed by atoms with E-state index in [1.165, 1.54) is 0 Å². The number of hydrogen-bond donors (Lipinski definition) is 2. The van der Waals surface area contributed by atoms with Gasteiger partial charge in [0, 0.05) is 6.20 Å². The first-order valence-electron chi connectivity index (χ1n) is 3.65. The molecule has 13 heavy (non-hydrogen) atoms. The Morgan fingerprint density at radius 1 is 1.77 bits per heavy atom. The van der Waals surface area contributed by atoms with Crippen LogP contribution in [0.1, 0.15) is 5.56 Å². The second-order valence-electron chi connectivity index (χ2n) is 2.38. The van der Waals surface area contributed by atoms with Gasteiger partial charge in [-0.2, -0.15) is 10.3 Å². The monoisotopic (exact) mass is 175 g/mol. The molecule has 0 radical (unpaired) electrons. The first-order chi connectivity index (χ1) is 6.24. The number of nitriles is 1. The molecule has 5 nitrogen and oxygen atoms in total. The van der Waals surface area contributed by atoms with Crippen molar-refractivity contribution in [2.75, 3.05) is 0 Å². The smallest absolute Gasteiger partial charge is 0.208 e. The number of nitrogens with two attached hydrogens (primary N) is 1. The van der Waals surface area contributed by atoms with Crippen LogP contribution in [-0.2, 0) is 0 Å². The third-order valence-corrected chi connectivity index (χ3v) is 1.39. The molecular weight excluding hydrogens is 166 g/mol. The lowest BCUT2D eigenvalue weighted by Crippen LogP contribution is -2.26. The van der Waals surface area contributed by atoms with Gasteiger partial charge in [-0.15, -0.1) is 0 Å². The van der Waals surface area contributed by atoms with Crippen molar-refractivity contribution in [2.45, 2.75) is 6.92 Å². The Labute approximate surface area is 75.9 Å². The van der Waals surface area contributed by atoms with Crippen molar-refractivity contribution in [3.8, 4) is 6.19 Å². The van der Waals surface area contributed by atoms with Gasteiger partial charge in [-0.1, -0.05) is 6.07 Å². The van der Waals surface area contributed by atoms with Crippen molar-refractivity contribution in [3.63, 3.8) is 0 Å². The molecular formula is C8H9N5. The zero-order valence-corrected chi connectivity index (χ0v) is 7.15. The van der Waals surface area contributed by atoms with Gasteiger partial charge in [-0.25, -0.2) is 4.98 Å². The summed E-state index contributed by atoms with van der Waals surface area (Å²) in [6, 6.07) is 3.67. The molecule has 0 spiro atoms. The zero-order chi connectivity index (χ0) is 9.68. The number of pyridine rings is 1. The summed E-state index contributed by atoms with van der Waals surface area (Å²) in [5.74, 6) is 0.562. The molecule has 66 valence electrons. The maximum absolute atomic E-state index is 8.24. The fourth-order valence-electron chi connectivity index (χ4n) is 0.794. The Balaban J connectivity index is 2.92. The highest BCUT2D eigenvalue weighted by molar-refractivity contribution is 5.81. The molecule has 0 unspecified atom stereocenters. The van der Waals surface area contributed by atoms with Gasteiger partial charge >= 0.3 is 0 Å². The number of aromatic nitrogens is 1. The van der Waals surface area contributed by atoms with Gasteiger partial charge in [0.1, 0.15) is 0 Å². The fraction of sp³-hybridized carbons (Fsp3) is 0.125. The minimum atomic E-state index is 0.0456. The van der Waals surface area contributed by atoms with E-state index in [9.17, 15) is 0 Å². The van der Waals surface area contributed by atoms with Crippen molar-refractivity contribution >= 4 is 11.8 Å². The number of guanidine groups is 1. The topological polar surface area (TPSA) is 87.1 Å². The van der Waals surface area contributed by atoms with Crippen molar-refractivity contribution in [1.29, 1.82) is 5.26 Å². The lowest BCUT2D eigenvalue weighted by molar-refractivity contribution is 1.17. The Bertz CT molecular complexity index is 363. The quantitative estimate of drug-likeness (QED) is 0.280. The zero-order valence-electron chi connectivity index (χ0n) is 7.15. The van der Waals surface area contributed by atoms with Crippen LogP contribution in [-0.4, -0.2) is 10.9 Å². The van der Waals surface area contributed by atoms with Crippen LogP contribution >= 0.6 is 0 Å². The standard InChI is InChI=1S/C8H9N5/c1-6-3-2-4-11-7(6)13-8(10)12-5-9/h2-4H,1H3,(H3,10,11,12,13). The van der Waals surface area contributed by atoms with Crippen LogP contribution in [0.2, 0.25) is 0 Å². The summed E-state index contributed by atoms with van der Waals surface area (Å²) >= 11 is 0. The molecule has 1 aromatic rings. The Morgan fingerprint density at radius 2 is 2.54 bits per heavy atom. The average Bonchev–Trinajstić information content (AvgIpc) is 2.09. The number of nitrogens with one attached hydrogen (secondary N) is 1. The Hall–Kier alpha value is -2.09. The molecule has 0 saturated carbocycles. The van der Waals surface area contributed by atoms with Crippen molar-refractivity contribution < 1.29 is 0 Å². The lowest BCUT2D eigenvalue weighted by Gasteiger charge is -1.98. The SMILES string of the molecule is Cc1cccnc1N=C(N)NC#N. The largest absolute Gasteiger partial charge is 0.369 e. The van der Waals surface area contributed by atoms with Crippen LogP contribution in [0.5, 0.6) is 0 Å². The number of hydrogen-bond acceptors (Lipinski definition) is 3. The number of rotatable bonds is 1. The molecule has 3 N–H and O–H groups in total. The summed E-state index contributed by atoms with van der Waals surface area (Å²) in [6.45, 7) is 1.87. The molecule has 1 aromatic heterocycles. The Kier molecular flexibility index (Phi) is 2.82. The first kappa shape index (κ1) is 9.00. The van der Waals surface area contributed by atoms with Crippen molar-refractivity contribution in [3.05, 3.63) is 23.9 Å². The maximum Gasteiger partial charge on any atom is 0.208 e. The molecule has 0 aromatic carbocycles. The van der Waals surface area contributed by atoms with E-state index in [1.54, 1.807) is 12.4 Å². The summed E-state index contributed by atoms with van der Waals surface area (Å²) in [7, 11) is 0. The van der Waals surface area contributed by atoms with Crippen molar-refractivity contribution in [2.24, 2.45) is 10.7 Å². The normalized spacial score (nSPS) is 10.6. The molecule has 0 saturated heterocycles. The van der Waals surface area contributed by atoms with Crippen LogP contribution in [0.3, 0.4) is 0 Å². The number of aryl methyl sites for hydroxylation is 1. The van der Waals surface area contributed by atoms with Gasteiger partial charge in [-0.3, -0.25) is 5.32 Å². The van der Waals surface area contributed by atoms with Gasteiger partial charge in [0.15, 0.2) is 12.0 Å². The van der Waals surface area contributed by atoms with E-state index >= 15 is 0 Å². The van der Waals surface area contributed by atoms with Crippen LogP contribution in [0, 0.1) is 18.4 Å². The highest BCUT2D eigenvalue weighted by Gasteiger charge is 1.96. The molecule has 0 aliphatic rings. The maximum atomic E-state index is 8.24. The first-order valence-corrected chi connectivity index (χ1v) is 3.65. The molecule has 0 atom stereocenters. The predicted octanol–water partition coefficient (Wildman–Crippen LogP) is 0.407. The van der Waals surface area contributed by atoms with E-state index in [0.717, 1.165) is 5.56 Å². The minimum Gasteiger partial charge on any atom is -0.369 e. The molecule has 0 fully saturated rings. The van der Waals surface area contributed by atoms with E-state index in [-0.39, 0.29) is 5.96 Å². The van der Waals surface area contributed by atoms with Gasteiger partial charge in [0.05, 0.1) is 0 Å². The third-order valence-electron chi connectivity index (χ3n) is 1.39. The molecule has 0 aliphatic carbocycles. The van der Waals surface area contributed by atoms with Gasteiger partial charge in [0.25, 0.3) is 0 Å². The van der Waals surface area contributed by atoms with Gasteiger partial charge in [-0.05, 0) is 18.6 Å². The Morgan fingerprint density at radius 3 is 3.15 bits per heavy atom. The van der Waals surface area contributed by atoms with Crippen LogP contribution in [0.25, 0.3) is 0 Å². The molecule has 1 heterocycles. The van der Waals surface area contributed by atoms with E-state index in [1.807, 2.05) is 19.1 Å². The van der Waals surface area contributed by atoms with Crippen LogP contribution in [0.4, 0.5) is 5.82 Å². The minimum absolute atomic E-state index is 0.0456. The molecule has 0 amide bonds. The second kappa shape index (κ2) is 4.07. The molecule has 0 bridgehead atoms. The third kappa shape index (κ3) is 2.45. The molecule has 5 heteroatoms. The summed E-state index contributed by atoms with van der Waals surface area (Å²) in [5, 5.41) is 10.5. The average molecular weight is 175 g/mol. The van der Waals surface area contributed by atoms with Crippen LogP contribution < -0.4 is 11.1 Å². The summed E-state index contributed by atoms with van der Waals surface area (Å²) in [5.41, 5.74) is 6.27. The predicted molar refractivity (Wildman–Crippen MR) is 49.0 cm³/mol. The van der Waals surface area contributed by atoms with E-state index in [4.69, 9.17) is 11.0 Å². The highest BCUT2D eigenvalue weighted by atomic mass is 15.1. The summed E-state index contributed by atoms with van der Waals surface area (Å²) < 4.78 is 0. The van der Waals surface area contributed by atoms with E-state index in [2.05, 4.69) is 15.3 Å². The van der Waals surface area contributed by atoms with Crippen LogP contribution in [0.15, 0.2) is 23.3 Å². The lowest BCUT2D eigenvalue weighted by atomic mass is 10.3. The summed E-state index contributed by atoms with van der Waals surface area (Å²) in [6.07, 6.45) is 3.29. The van der Waals surface area contributed by atoms with E-state index in [0.29, 0.717) is 5.82 Å². The molecule has 0 aliphatic heterocycles. The van der Waals surface area contributed by atoms with E-state index < -0.39 is 0 Å². The molecule has 1 rings (SSSR count). The number of nitrogens with zero attached hydrogens (tertiary/aromatic N) is 3. The van der Waals surface area contributed by atoms with Gasteiger partial charge in [0.2, 0.25) is 5.96 Å². The second-order valence-corrected chi connectivity index (χ2v) is 2.38. The number of aliphatic imine (C=N–C) groups is 1. The van der Waals surface area contributed by atoms with Gasteiger partial charge < -0.3 is 5.73 Å². The summed E-state index contributed by atoms with van der Waals surface area (Å²) in [4.78, 5) is 7.88. The fourth-order valence-corrected chi connectivity index (χ4v) is 0.794.